The summed E-state index contributed by atoms with van der Waals surface area (Å²) in [5.41, 5.74) is 1.60. The number of carbonyl (C=O) groups is 1. The minimum atomic E-state index is -0.151. The minimum Gasteiger partial charge on any atom is -0.349 e. The smallest absolute Gasteiger partial charge is 0.274 e. The summed E-state index contributed by atoms with van der Waals surface area (Å²) in [5.74, 6) is 0.395. The largest absolute Gasteiger partial charge is 0.349 e. The molecule has 1 atom stereocenters. The number of hydrogen-bond donors (Lipinski definition) is 1. The van der Waals surface area contributed by atoms with Gasteiger partial charge in [-0.15, -0.1) is 0 Å². The molecule has 0 bridgehead atoms. The average Bonchev–Trinajstić information content (AvgIpc) is 2.64. The molecule has 0 radical (unpaired) electrons. The van der Waals surface area contributed by atoms with E-state index in [4.69, 9.17) is 0 Å². The van der Waals surface area contributed by atoms with Crippen LogP contribution in [0.25, 0.3) is 10.8 Å². The maximum Gasteiger partial charge on any atom is 0.274 e. The van der Waals surface area contributed by atoms with E-state index in [1.807, 2.05) is 30.3 Å². The van der Waals surface area contributed by atoms with Gasteiger partial charge in [-0.2, -0.15) is 5.10 Å². The monoisotopic (exact) mass is 439 g/mol. The lowest BCUT2D eigenvalue weighted by atomic mass is 9.77. The number of aryl methyl sites for hydroxylation is 1. The standard InChI is InChI=1S/C22H22BrN3O2/c1-26-22(28)18-8-3-2-7-17(18)19(25-26)13-20(27)24-21(14-5-4-6-14)15-9-11-16(23)12-10-15/h2-3,7-12,14,21H,4-6,13H2,1H3,(H,24,27). The minimum absolute atomic E-state index is 0.00754. The number of aromatic nitrogens is 2. The molecule has 1 saturated carbocycles. The predicted molar refractivity (Wildman–Crippen MR) is 113 cm³/mol. The molecule has 1 unspecified atom stereocenters. The van der Waals surface area contributed by atoms with Gasteiger partial charge in [-0.3, -0.25) is 9.59 Å². The summed E-state index contributed by atoms with van der Waals surface area (Å²) in [5, 5.41) is 8.90. The molecule has 1 N–H and O–H groups in total. The fraction of sp³-hybridized carbons (Fsp3) is 0.318. The van der Waals surface area contributed by atoms with Gasteiger partial charge < -0.3 is 5.32 Å². The van der Waals surface area contributed by atoms with Gasteiger partial charge >= 0.3 is 0 Å². The summed E-state index contributed by atoms with van der Waals surface area (Å²) in [6.07, 6.45) is 3.61. The Balaban J connectivity index is 1.59. The zero-order valence-electron chi connectivity index (χ0n) is 15.7. The highest BCUT2D eigenvalue weighted by atomic mass is 79.9. The van der Waals surface area contributed by atoms with E-state index in [1.165, 1.54) is 11.1 Å². The lowest BCUT2D eigenvalue weighted by Crippen LogP contribution is -2.37. The van der Waals surface area contributed by atoms with E-state index in [1.54, 1.807) is 13.1 Å². The summed E-state index contributed by atoms with van der Waals surface area (Å²) < 4.78 is 2.33. The van der Waals surface area contributed by atoms with Crippen LogP contribution < -0.4 is 10.9 Å². The van der Waals surface area contributed by atoms with Crippen LogP contribution in [0.1, 0.15) is 36.6 Å². The predicted octanol–water partition coefficient (Wildman–Crippen LogP) is 3.90. The lowest BCUT2D eigenvalue weighted by Gasteiger charge is -2.34. The molecule has 1 aliphatic rings. The van der Waals surface area contributed by atoms with Gasteiger partial charge in [0.05, 0.1) is 23.5 Å². The van der Waals surface area contributed by atoms with E-state index >= 15 is 0 Å². The molecule has 2 aromatic carbocycles. The van der Waals surface area contributed by atoms with Gasteiger partial charge in [0.25, 0.3) is 5.56 Å². The number of rotatable bonds is 5. The van der Waals surface area contributed by atoms with Crippen molar-refractivity contribution >= 4 is 32.6 Å². The first-order valence-electron chi connectivity index (χ1n) is 9.52. The van der Waals surface area contributed by atoms with Crippen LogP contribution in [-0.4, -0.2) is 15.7 Å². The molecule has 6 heteroatoms. The van der Waals surface area contributed by atoms with E-state index in [-0.39, 0.29) is 23.9 Å². The normalized spacial score (nSPS) is 15.2. The van der Waals surface area contributed by atoms with Crippen molar-refractivity contribution in [2.24, 2.45) is 13.0 Å². The van der Waals surface area contributed by atoms with Crippen molar-refractivity contribution in [3.05, 3.63) is 74.6 Å². The summed E-state index contributed by atoms with van der Waals surface area (Å²) in [6.45, 7) is 0. The molecule has 144 valence electrons. The van der Waals surface area contributed by atoms with Gasteiger partial charge in [-0.1, -0.05) is 52.7 Å². The molecule has 1 heterocycles. The zero-order chi connectivity index (χ0) is 19.7. The third-order valence-corrected chi connectivity index (χ3v) is 6.06. The van der Waals surface area contributed by atoms with Crippen LogP contribution in [-0.2, 0) is 18.3 Å². The highest BCUT2D eigenvalue weighted by molar-refractivity contribution is 9.10. The number of amides is 1. The Kier molecular flexibility index (Phi) is 5.31. The van der Waals surface area contributed by atoms with Crippen molar-refractivity contribution in [1.29, 1.82) is 0 Å². The van der Waals surface area contributed by atoms with Crippen LogP contribution in [0.4, 0.5) is 0 Å². The molecular weight excluding hydrogens is 418 g/mol. The van der Waals surface area contributed by atoms with E-state index in [0.717, 1.165) is 28.3 Å². The van der Waals surface area contributed by atoms with Crippen molar-refractivity contribution in [2.75, 3.05) is 0 Å². The number of nitrogens with one attached hydrogen (secondary N) is 1. The zero-order valence-corrected chi connectivity index (χ0v) is 17.3. The van der Waals surface area contributed by atoms with Crippen LogP contribution in [0, 0.1) is 5.92 Å². The average molecular weight is 440 g/mol. The number of fused-ring (bicyclic) bond motifs is 1. The first kappa shape index (κ1) is 18.9. The van der Waals surface area contributed by atoms with Crippen molar-refractivity contribution in [3.63, 3.8) is 0 Å². The molecule has 5 nitrogen and oxygen atoms in total. The van der Waals surface area contributed by atoms with Gasteiger partial charge in [-0.05, 0) is 42.5 Å². The molecule has 1 aliphatic carbocycles. The summed E-state index contributed by atoms with van der Waals surface area (Å²) in [7, 11) is 1.62. The topological polar surface area (TPSA) is 64.0 Å². The second kappa shape index (κ2) is 7.87. The Morgan fingerprint density at radius 1 is 1.18 bits per heavy atom. The number of benzene rings is 2. The Morgan fingerprint density at radius 3 is 2.50 bits per heavy atom. The van der Waals surface area contributed by atoms with E-state index in [9.17, 15) is 9.59 Å². The molecular formula is C22H22BrN3O2. The maximum absolute atomic E-state index is 12.9. The highest BCUT2D eigenvalue weighted by Crippen LogP contribution is 2.38. The second-order valence-electron chi connectivity index (χ2n) is 7.39. The third kappa shape index (κ3) is 3.74. The van der Waals surface area contributed by atoms with E-state index < -0.39 is 0 Å². The van der Waals surface area contributed by atoms with Gasteiger partial charge in [0.2, 0.25) is 5.91 Å². The summed E-state index contributed by atoms with van der Waals surface area (Å²) in [4.78, 5) is 25.2. The van der Waals surface area contributed by atoms with Gasteiger partial charge in [-0.25, -0.2) is 4.68 Å². The van der Waals surface area contributed by atoms with Crippen LogP contribution in [0.15, 0.2) is 57.8 Å². The van der Waals surface area contributed by atoms with Crippen LogP contribution in [0.5, 0.6) is 0 Å². The van der Waals surface area contributed by atoms with Crippen LogP contribution >= 0.6 is 15.9 Å². The van der Waals surface area contributed by atoms with Gasteiger partial charge in [0.1, 0.15) is 0 Å². The fourth-order valence-corrected chi connectivity index (χ4v) is 4.06. The van der Waals surface area contributed by atoms with Gasteiger partial charge in [0, 0.05) is 16.9 Å². The summed E-state index contributed by atoms with van der Waals surface area (Å²) in [6, 6.07) is 15.5. The van der Waals surface area contributed by atoms with E-state index in [2.05, 4.69) is 38.5 Å². The van der Waals surface area contributed by atoms with Crippen molar-refractivity contribution in [1.82, 2.24) is 15.1 Å². The van der Waals surface area contributed by atoms with E-state index in [0.29, 0.717) is 17.0 Å². The maximum atomic E-state index is 12.9. The van der Waals surface area contributed by atoms with Crippen molar-refractivity contribution in [2.45, 2.75) is 31.7 Å². The Labute approximate surface area is 171 Å². The third-order valence-electron chi connectivity index (χ3n) is 5.53. The molecule has 1 aromatic heterocycles. The number of nitrogens with zero attached hydrogens (tertiary/aromatic N) is 2. The fourth-order valence-electron chi connectivity index (χ4n) is 3.80. The molecule has 3 aromatic rings. The number of halogens is 1. The molecule has 1 fully saturated rings. The molecule has 4 rings (SSSR count). The molecule has 0 spiro atoms. The highest BCUT2D eigenvalue weighted by Gasteiger charge is 2.30. The number of carbonyl (C=O) groups excluding carboxylic acids is 1. The van der Waals surface area contributed by atoms with Crippen molar-refractivity contribution < 1.29 is 4.79 Å². The Morgan fingerprint density at radius 2 is 1.86 bits per heavy atom. The quantitative estimate of drug-likeness (QED) is 0.655. The SMILES string of the molecule is Cn1nc(CC(=O)NC(c2ccc(Br)cc2)C2CCC2)c2ccccc2c1=O. The van der Waals surface area contributed by atoms with Crippen LogP contribution in [0.2, 0.25) is 0 Å². The molecule has 0 aliphatic heterocycles. The van der Waals surface area contributed by atoms with Crippen molar-refractivity contribution in [3.8, 4) is 0 Å². The first-order chi connectivity index (χ1) is 13.5. The molecule has 28 heavy (non-hydrogen) atoms. The summed E-state index contributed by atoms with van der Waals surface area (Å²) >= 11 is 3.47. The first-order valence-corrected chi connectivity index (χ1v) is 10.3. The lowest BCUT2D eigenvalue weighted by molar-refractivity contribution is -0.121. The van der Waals surface area contributed by atoms with Gasteiger partial charge in [0.15, 0.2) is 0 Å². The Hall–Kier alpha value is -2.47. The molecule has 1 amide bonds. The molecule has 0 saturated heterocycles. The number of hydrogen-bond acceptors (Lipinski definition) is 3. The second-order valence-corrected chi connectivity index (χ2v) is 8.30. The Bertz CT molecular complexity index is 1070. The van der Waals surface area contributed by atoms with Crippen LogP contribution in [0.3, 0.4) is 0 Å².